The van der Waals surface area contributed by atoms with E-state index >= 15 is 0 Å². The first-order valence-electron chi connectivity index (χ1n) is 3.66. The van der Waals surface area contributed by atoms with Crippen molar-refractivity contribution in [2.75, 3.05) is 12.4 Å². The maximum absolute atomic E-state index is 11.1. The van der Waals surface area contributed by atoms with Crippen molar-refractivity contribution in [1.82, 2.24) is 0 Å². The third kappa shape index (κ3) is 2.69. The molecule has 1 aliphatic rings. The van der Waals surface area contributed by atoms with E-state index in [4.69, 9.17) is 0 Å². The summed E-state index contributed by atoms with van der Waals surface area (Å²) >= 11 is 0. The zero-order valence-electron chi connectivity index (χ0n) is 6.52. The summed E-state index contributed by atoms with van der Waals surface area (Å²) in [5.41, 5.74) is 4.66. The van der Waals surface area contributed by atoms with E-state index in [0.717, 1.165) is 12.8 Å². The van der Waals surface area contributed by atoms with Gasteiger partial charge in [0, 0.05) is 0 Å². The van der Waals surface area contributed by atoms with Gasteiger partial charge in [-0.3, -0.25) is 0 Å². The Kier molecular flexibility index (Phi) is 2.56. The van der Waals surface area contributed by atoms with E-state index in [-0.39, 0.29) is 17.6 Å². The zero-order valence-corrected chi connectivity index (χ0v) is 7.34. The number of primary amides is 1. The Bertz CT molecular complexity index is 267. The summed E-state index contributed by atoms with van der Waals surface area (Å²) < 4.78 is 26.6. The SMILES string of the molecule is NC(=O)OCCS(=O)(=O)C1CC1. The fourth-order valence-corrected chi connectivity index (χ4v) is 2.36. The molecule has 0 saturated heterocycles. The van der Waals surface area contributed by atoms with Crippen LogP contribution in [0.4, 0.5) is 4.79 Å². The lowest BCUT2D eigenvalue weighted by atomic mass is 10.8. The molecule has 0 bridgehead atoms. The Hall–Kier alpha value is -0.780. The molecule has 0 radical (unpaired) electrons. The van der Waals surface area contributed by atoms with Gasteiger partial charge in [0.1, 0.15) is 6.61 Å². The topological polar surface area (TPSA) is 86.5 Å². The number of carbonyl (C=O) groups is 1. The smallest absolute Gasteiger partial charge is 0.404 e. The van der Waals surface area contributed by atoms with Crippen LogP contribution in [0.5, 0.6) is 0 Å². The second kappa shape index (κ2) is 3.30. The van der Waals surface area contributed by atoms with E-state index < -0.39 is 15.9 Å². The second-order valence-electron chi connectivity index (χ2n) is 2.73. The molecule has 0 aromatic rings. The maximum Gasteiger partial charge on any atom is 0.404 e. The highest BCUT2D eigenvalue weighted by atomic mass is 32.2. The summed E-state index contributed by atoms with van der Waals surface area (Å²) in [6, 6.07) is 0. The van der Waals surface area contributed by atoms with Crippen molar-refractivity contribution in [3.63, 3.8) is 0 Å². The minimum absolute atomic E-state index is 0.111. The van der Waals surface area contributed by atoms with Gasteiger partial charge in [-0.1, -0.05) is 0 Å². The highest BCUT2D eigenvalue weighted by Gasteiger charge is 2.35. The molecule has 0 unspecified atom stereocenters. The summed E-state index contributed by atoms with van der Waals surface area (Å²) in [7, 11) is -3.02. The van der Waals surface area contributed by atoms with E-state index in [0.29, 0.717) is 0 Å². The molecular weight excluding hydrogens is 182 g/mol. The number of nitrogens with two attached hydrogens (primary N) is 1. The van der Waals surface area contributed by atoms with Crippen molar-refractivity contribution in [1.29, 1.82) is 0 Å². The molecule has 1 rings (SSSR count). The molecule has 0 aromatic carbocycles. The third-order valence-electron chi connectivity index (χ3n) is 1.64. The molecule has 70 valence electrons. The molecule has 1 amide bonds. The van der Waals surface area contributed by atoms with Crippen LogP contribution in [-0.4, -0.2) is 32.1 Å². The van der Waals surface area contributed by atoms with Crippen LogP contribution < -0.4 is 5.73 Å². The van der Waals surface area contributed by atoms with Gasteiger partial charge in [-0.25, -0.2) is 13.2 Å². The van der Waals surface area contributed by atoms with Crippen LogP contribution in [0.15, 0.2) is 0 Å². The van der Waals surface area contributed by atoms with Crippen molar-refractivity contribution < 1.29 is 17.9 Å². The number of hydrogen-bond donors (Lipinski definition) is 1. The highest BCUT2D eigenvalue weighted by Crippen LogP contribution is 2.28. The normalized spacial score (nSPS) is 17.3. The van der Waals surface area contributed by atoms with E-state index in [9.17, 15) is 13.2 Å². The van der Waals surface area contributed by atoms with Gasteiger partial charge in [-0.15, -0.1) is 0 Å². The molecule has 0 aromatic heterocycles. The average molecular weight is 193 g/mol. The Balaban J connectivity index is 2.26. The Morgan fingerprint density at radius 3 is 2.50 bits per heavy atom. The highest BCUT2D eigenvalue weighted by molar-refractivity contribution is 7.92. The lowest BCUT2D eigenvalue weighted by Gasteiger charge is -2.01. The lowest BCUT2D eigenvalue weighted by molar-refractivity contribution is 0.163. The minimum atomic E-state index is -3.02. The number of rotatable bonds is 4. The molecule has 0 heterocycles. The predicted octanol–water partition coefficient (Wildman–Crippen LogP) is -0.341. The van der Waals surface area contributed by atoms with Crippen LogP contribution in [0.2, 0.25) is 0 Å². The number of ether oxygens (including phenoxy) is 1. The van der Waals surface area contributed by atoms with Gasteiger partial charge in [-0.2, -0.15) is 0 Å². The summed E-state index contributed by atoms with van der Waals surface area (Å²) in [6.45, 7) is -0.131. The molecule has 0 spiro atoms. The van der Waals surface area contributed by atoms with Crippen molar-refractivity contribution in [3.05, 3.63) is 0 Å². The first-order valence-corrected chi connectivity index (χ1v) is 5.38. The van der Waals surface area contributed by atoms with E-state index in [1.165, 1.54) is 0 Å². The molecule has 12 heavy (non-hydrogen) atoms. The van der Waals surface area contributed by atoms with Crippen LogP contribution in [0.1, 0.15) is 12.8 Å². The van der Waals surface area contributed by atoms with Gasteiger partial charge in [-0.05, 0) is 12.8 Å². The maximum atomic E-state index is 11.1. The Morgan fingerprint density at radius 1 is 1.50 bits per heavy atom. The van der Waals surface area contributed by atoms with Gasteiger partial charge in [0.15, 0.2) is 9.84 Å². The number of sulfone groups is 1. The van der Waals surface area contributed by atoms with Gasteiger partial charge < -0.3 is 10.5 Å². The van der Waals surface area contributed by atoms with Crippen LogP contribution in [0.3, 0.4) is 0 Å². The molecule has 0 aliphatic heterocycles. The summed E-state index contributed by atoms with van der Waals surface area (Å²) in [6.07, 6.45) is 0.540. The fourth-order valence-electron chi connectivity index (χ4n) is 0.852. The molecular formula is C6H11NO4S. The Morgan fingerprint density at radius 2 is 2.08 bits per heavy atom. The van der Waals surface area contributed by atoms with E-state index in [1.54, 1.807) is 0 Å². The summed E-state index contributed by atoms with van der Waals surface area (Å²) in [5, 5.41) is -0.200. The molecule has 6 heteroatoms. The fraction of sp³-hybridized carbons (Fsp3) is 0.833. The third-order valence-corrected chi connectivity index (χ3v) is 3.87. The van der Waals surface area contributed by atoms with E-state index in [1.807, 2.05) is 0 Å². The zero-order chi connectivity index (χ0) is 9.19. The number of amides is 1. The predicted molar refractivity (Wildman–Crippen MR) is 42.3 cm³/mol. The average Bonchev–Trinajstić information content (AvgIpc) is 2.65. The summed E-state index contributed by atoms with van der Waals surface area (Å²) in [5.74, 6) is -0.111. The van der Waals surface area contributed by atoms with Crippen molar-refractivity contribution in [2.45, 2.75) is 18.1 Å². The lowest BCUT2D eigenvalue weighted by Crippen LogP contribution is -2.21. The first-order chi connectivity index (χ1) is 5.52. The van der Waals surface area contributed by atoms with Gasteiger partial charge >= 0.3 is 6.09 Å². The number of carbonyl (C=O) groups excluding carboxylic acids is 1. The van der Waals surface area contributed by atoms with Crippen LogP contribution in [0.25, 0.3) is 0 Å². The Labute approximate surface area is 70.8 Å². The molecule has 5 nitrogen and oxygen atoms in total. The first kappa shape index (κ1) is 9.31. The number of hydrogen-bond acceptors (Lipinski definition) is 4. The quantitative estimate of drug-likeness (QED) is 0.661. The van der Waals surface area contributed by atoms with Crippen LogP contribution in [0, 0.1) is 0 Å². The standard InChI is InChI=1S/C6H11NO4S/c7-6(8)11-3-4-12(9,10)5-1-2-5/h5H,1-4H2,(H2,7,8). The van der Waals surface area contributed by atoms with E-state index in [2.05, 4.69) is 10.5 Å². The van der Waals surface area contributed by atoms with Crippen molar-refractivity contribution in [3.8, 4) is 0 Å². The minimum Gasteiger partial charge on any atom is -0.449 e. The molecule has 1 saturated carbocycles. The van der Waals surface area contributed by atoms with Crippen molar-refractivity contribution in [2.24, 2.45) is 5.73 Å². The van der Waals surface area contributed by atoms with Crippen LogP contribution >= 0.6 is 0 Å². The van der Waals surface area contributed by atoms with Gasteiger partial charge in [0.2, 0.25) is 0 Å². The molecule has 2 N–H and O–H groups in total. The molecule has 1 fully saturated rings. The van der Waals surface area contributed by atoms with Gasteiger partial charge in [0.05, 0.1) is 11.0 Å². The molecule has 1 aliphatic carbocycles. The summed E-state index contributed by atoms with van der Waals surface area (Å²) in [4.78, 5) is 10.1. The molecule has 0 atom stereocenters. The van der Waals surface area contributed by atoms with Crippen LogP contribution in [-0.2, 0) is 14.6 Å². The largest absolute Gasteiger partial charge is 0.449 e. The second-order valence-corrected chi connectivity index (χ2v) is 5.13. The monoisotopic (exact) mass is 193 g/mol. The van der Waals surface area contributed by atoms with Gasteiger partial charge in [0.25, 0.3) is 0 Å². The van der Waals surface area contributed by atoms with Crippen molar-refractivity contribution >= 4 is 15.9 Å².